The lowest BCUT2D eigenvalue weighted by atomic mass is 9.94. The Labute approximate surface area is 242 Å². The van der Waals surface area contributed by atoms with Gasteiger partial charge in [0.25, 0.3) is 0 Å². The van der Waals surface area contributed by atoms with Crippen molar-refractivity contribution in [1.82, 2.24) is 4.98 Å². The van der Waals surface area contributed by atoms with E-state index >= 15 is 0 Å². The summed E-state index contributed by atoms with van der Waals surface area (Å²) < 4.78 is 0. The lowest BCUT2D eigenvalue weighted by molar-refractivity contribution is -0.117. The van der Waals surface area contributed by atoms with Gasteiger partial charge in [0.2, 0.25) is 5.91 Å². The average molecular weight is 562 g/mol. The quantitative estimate of drug-likeness (QED) is 0.238. The van der Waals surface area contributed by atoms with Crippen molar-refractivity contribution in [3.8, 4) is 23.3 Å². The number of carbonyl (C=O) groups is 1. The van der Waals surface area contributed by atoms with E-state index in [9.17, 15) is 15.3 Å². The molecule has 0 spiro atoms. The van der Waals surface area contributed by atoms with Gasteiger partial charge in [-0.1, -0.05) is 92.8 Å². The number of nitrogen functional groups attached to an aromatic ring is 1. The van der Waals surface area contributed by atoms with Crippen LogP contribution in [0.1, 0.15) is 49.8 Å². The molecule has 1 unspecified atom stereocenters. The van der Waals surface area contributed by atoms with E-state index in [1.54, 1.807) is 16.7 Å². The van der Waals surface area contributed by atoms with Crippen LogP contribution in [0.4, 0.5) is 17.2 Å². The van der Waals surface area contributed by atoms with Crippen molar-refractivity contribution in [2.45, 2.75) is 53.2 Å². The van der Waals surface area contributed by atoms with Gasteiger partial charge in [-0.05, 0) is 47.7 Å². The number of nitriles is 2. The van der Waals surface area contributed by atoms with Crippen LogP contribution in [0.25, 0.3) is 11.1 Å². The first kappa shape index (κ1) is 27.3. The van der Waals surface area contributed by atoms with Crippen molar-refractivity contribution in [2.24, 2.45) is 0 Å². The topological polar surface area (TPSA) is 107 Å². The SMILES string of the molecule is CCC(Sc1nc(N)c(C#N)c(-c2ccc(C(C)C)cc2)c1C#N)C(=O)N1c2ccccc2Sc2ccccc21. The zero-order valence-corrected chi connectivity index (χ0v) is 24.0. The molecule has 1 aliphatic rings. The molecule has 4 aromatic rings. The molecule has 5 rings (SSSR count). The summed E-state index contributed by atoms with van der Waals surface area (Å²) >= 11 is 2.86. The van der Waals surface area contributed by atoms with E-state index in [4.69, 9.17) is 5.73 Å². The number of nitrogens with zero attached hydrogens (tertiary/aromatic N) is 4. The van der Waals surface area contributed by atoms with Crippen LogP contribution in [0.2, 0.25) is 0 Å². The summed E-state index contributed by atoms with van der Waals surface area (Å²) in [4.78, 5) is 22.5. The summed E-state index contributed by atoms with van der Waals surface area (Å²) in [5.41, 5.74) is 10.6. The summed E-state index contributed by atoms with van der Waals surface area (Å²) in [7, 11) is 0. The highest BCUT2D eigenvalue weighted by Gasteiger charge is 2.33. The van der Waals surface area contributed by atoms with E-state index in [1.807, 2.05) is 79.7 Å². The van der Waals surface area contributed by atoms with Crippen molar-refractivity contribution >= 4 is 46.6 Å². The summed E-state index contributed by atoms with van der Waals surface area (Å²) in [6, 6.07) is 27.9. The number of para-hydroxylation sites is 2. The third-order valence-corrected chi connectivity index (χ3v) is 9.30. The number of benzene rings is 3. The van der Waals surface area contributed by atoms with Crippen LogP contribution < -0.4 is 10.6 Å². The minimum Gasteiger partial charge on any atom is -0.383 e. The van der Waals surface area contributed by atoms with Crippen molar-refractivity contribution in [1.29, 1.82) is 10.5 Å². The number of carbonyl (C=O) groups excluding carboxylic acids is 1. The van der Waals surface area contributed by atoms with Gasteiger partial charge in [0, 0.05) is 15.4 Å². The molecule has 3 aromatic carbocycles. The van der Waals surface area contributed by atoms with Gasteiger partial charge < -0.3 is 5.73 Å². The van der Waals surface area contributed by atoms with Gasteiger partial charge in [-0.2, -0.15) is 10.5 Å². The van der Waals surface area contributed by atoms with E-state index in [2.05, 4.69) is 31.0 Å². The molecule has 1 aliphatic heterocycles. The molecular weight excluding hydrogens is 535 g/mol. The van der Waals surface area contributed by atoms with Crippen molar-refractivity contribution in [3.63, 3.8) is 0 Å². The van der Waals surface area contributed by atoms with Crippen LogP contribution in [0.3, 0.4) is 0 Å². The van der Waals surface area contributed by atoms with Gasteiger partial charge in [0.15, 0.2) is 0 Å². The average Bonchev–Trinajstić information content (AvgIpc) is 2.97. The second-order valence-electron chi connectivity index (χ2n) is 9.65. The Morgan fingerprint density at radius 2 is 1.52 bits per heavy atom. The van der Waals surface area contributed by atoms with Crippen LogP contribution >= 0.6 is 23.5 Å². The van der Waals surface area contributed by atoms with Crippen LogP contribution in [0.5, 0.6) is 0 Å². The van der Waals surface area contributed by atoms with Crippen LogP contribution in [0.15, 0.2) is 87.6 Å². The first-order chi connectivity index (χ1) is 19.4. The molecule has 8 heteroatoms. The van der Waals surface area contributed by atoms with Crippen molar-refractivity contribution in [2.75, 3.05) is 10.6 Å². The zero-order valence-electron chi connectivity index (χ0n) is 22.4. The van der Waals surface area contributed by atoms with Gasteiger partial charge in [-0.25, -0.2) is 4.98 Å². The molecule has 40 heavy (non-hydrogen) atoms. The summed E-state index contributed by atoms with van der Waals surface area (Å²) in [5, 5.41) is 20.0. The number of amides is 1. The number of thioether (sulfide) groups is 1. The number of pyridine rings is 1. The first-order valence-corrected chi connectivity index (χ1v) is 14.7. The largest absolute Gasteiger partial charge is 0.383 e. The van der Waals surface area contributed by atoms with Crippen LogP contribution in [-0.4, -0.2) is 16.1 Å². The van der Waals surface area contributed by atoms with Gasteiger partial charge in [-0.15, -0.1) is 0 Å². The van der Waals surface area contributed by atoms with Crippen molar-refractivity contribution in [3.05, 3.63) is 89.5 Å². The maximum Gasteiger partial charge on any atom is 0.245 e. The monoisotopic (exact) mass is 561 g/mol. The second kappa shape index (κ2) is 11.5. The number of aromatic nitrogens is 1. The molecule has 0 aliphatic carbocycles. The third-order valence-electron chi connectivity index (χ3n) is 6.83. The van der Waals surface area contributed by atoms with E-state index in [0.29, 0.717) is 28.5 Å². The minimum atomic E-state index is -0.549. The Balaban J connectivity index is 1.58. The number of nitrogens with two attached hydrogens (primary N) is 1. The Morgan fingerprint density at radius 3 is 2.05 bits per heavy atom. The highest BCUT2D eigenvalue weighted by Crippen LogP contribution is 2.49. The maximum atomic E-state index is 14.2. The van der Waals surface area contributed by atoms with Gasteiger partial charge in [0.1, 0.15) is 28.5 Å². The highest BCUT2D eigenvalue weighted by molar-refractivity contribution is 8.00. The molecule has 6 nitrogen and oxygen atoms in total. The van der Waals surface area contributed by atoms with Gasteiger partial charge >= 0.3 is 0 Å². The molecule has 0 saturated carbocycles. The smallest absolute Gasteiger partial charge is 0.245 e. The molecule has 0 saturated heterocycles. The van der Waals surface area contributed by atoms with Gasteiger partial charge in [-0.3, -0.25) is 9.69 Å². The predicted molar refractivity (Wildman–Crippen MR) is 162 cm³/mol. The first-order valence-electron chi connectivity index (χ1n) is 13.0. The normalized spacial score (nSPS) is 12.7. The number of hydrogen-bond acceptors (Lipinski definition) is 7. The summed E-state index contributed by atoms with van der Waals surface area (Å²) in [6.45, 7) is 6.15. The van der Waals surface area contributed by atoms with Crippen LogP contribution in [0, 0.1) is 22.7 Å². The summed E-state index contributed by atoms with van der Waals surface area (Å²) in [5.74, 6) is 0.275. The lowest BCUT2D eigenvalue weighted by Gasteiger charge is -2.33. The second-order valence-corrected chi connectivity index (χ2v) is 11.9. The molecule has 0 radical (unpaired) electrons. The number of hydrogen-bond donors (Lipinski definition) is 1. The van der Waals surface area contributed by atoms with Gasteiger partial charge in [0.05, 0.1) is 22.2 Å². The molecule has 1 atom stereocenters. The third kappa shape index (κ3) is 4.93. The lowest BCUT2D eigenvalue weighted by Crippen LogP contribution is -2.35. The highest BCUT2D eigenvalue weighted by atomic mass is 32.2. The van der Waals surface area contributed by atoms with E-state index in [1.165, 1.54) is 11.8 Å². The maximum absolute atomic E-state index is 14.2. The Morgan fingerprint density at radius 1 is 0.950 bits per heavy atom. The molecule has 198 valence electrons. The Kier molecular flexibility index (Phi) is 7.84. The molecular formula is C32H27N5OS2. The Hall–Kier alpha value is -4.24. The number of rotatable bonds is 6. The molecule has 2 heterocycles. The number of fused-ring (bicyclic) bond motifs is 2. The fraction of sp³-hybridized carbons (Fsp3) is 0.188. The standard InChI is InChI=1S/C32H27N5OS2/c1-4-26(32(38)37-24-9-5-7-11-27(24)39-28-12-8-6-10-25(28)37)40-31-23(18-34)29(22(17-33)30(35)36-31)21-15-13-20(14-16-21)19(2)3/h5-16,19,26H,4H2,1-3H3,(H2,35,36). The van der Waals surface area contributed by atoms with E-state index in [-0.39, 0.29) is 22.9 Å². The molecule has 1 aromatic heterocycles. The fourth-order valence-corrected chi connectivity index (χ4v) is 6.85. The molecule has 0 fully saturated rings. The Bertz CT molecular complexity index is 1640. The van der Waals surface area contributed by atoms with E-state index < -0.39 is 5.25 Å². The van der Waals surface area contributed by atoms with E-state index in [0.717, 1.165) is 26.7 Å². The minimum absolute atomic E-state index is 0.0410. The zero-order chi connectivity index (χ0) is 28.4. The summed E-state index contributed by atoms with van der Waals surface area (Å²) in [6.07, 6.45) is 0.502. The van der Waals surface area contributed by atoms with Crippen molar-refractivity contribution < 1.29 is 4.79 Å². The molecule has 2 N–H and O–H groups in total. The molecule has 0 bridgehead atoms. The predicted octanol–water partition coefficient (Wildman–Crippen LogP) is 7.90. The fourth-order valence-electron chi connectivity index (χ4n) is 4.74. The van der Waals surface area contributed by atoms with Crippen LogP contribution in [-0.2, 0) is 4.79 Å². The number of anilines is 3. The molecule has 1 amide bonds.